The van der Waals surface area contributed by atoms with Crippen molar-refractivity contribution < 1.29 is 8.42 Å². The topological polar surface area (TPSA) is 63.4 Å². The molecular formula is C14H20N2O2S. The predicted molar refractivity (Wildman–Crippen MR) is 77.1 cm³/mol. The molecule has 19 heavy (non-hydrogen) atoms. The van der Waals surface area contributed by atoms with Crippen molar-refractivity contribution >= 4 is 10.0 Å². The summed E-state index contributed by atoms with van der Waals surface area (Å²) < 4.78 is 26.2. The minimum atomic E-state index is -3.39. The molecule has 0 amide bonds. The molecule has 0 aromatic heterocycles. The van der Waals surface area contributed by atoms with Crippen LogP contribution >= 0.6 is 0 Å². The zero-order chi connectivity index (χ0) is 14.3. The lowest BCUT2D eigenvalue weighted by Gasteiger charge is -2.19. The third-order valence-electron chi connectivity index (χ3n) is 2.65. The van der Waals surface area contributed by atoms with Crippen molar-refractivity contribution in [3.05, 3.63) is 29.8 Å². The lowest BCUT2D eigenvalue weighted by Crippen LogP contribution is -2.31. The van der Waals surface area contributed by atoms with E-state index in [9.17, 15) is 8.42 Å². The molecule has 4 nitrogen and oxygen atoms in total. The number of hydrogen-bond acceptors (Lipinski definition) is 3. The van der Waals surface area contributed by atoms with Crippen LogP contribution in [0.15, 0.2) is 29.2 Å². The fourth-order valence-electron chi connectivity index (χ4n) is 1.71. The minimum absolute atomic E-state index is 0.292. The molecule has 2 N–H and O–H groups in total. The van der Waals surface area contributed by atoms with Gasteiger partial charge < -0.3 is 5.73 Å². The van der Waals surface area contributed by atoms with Crippen molar-refractivity contribution in [2.24, 2.45) is 5.73 Å². The molecule has 0 aliphatic rings. The van der Waals surface area contributed by atoms with Gasteiger partial charge in [-0.3, -0.25) is 0 Å². The fraction of sp³-hybridized carbons (Fsp3) is 0.429. The molecule has 0 aliphatic carbocycles. The second kappa shape index (κ2) is 7.29. The first-order chi connectivity index (χ1) is 9.06. The van der Waals surface area contributed by atoms with Crippen LogP contribution in [0.3, 0.4) is 0 Å². The van der Waals surface area contributed by atoms with Crippen molar-refractivity contribution in [1.29, 1.82) is 0 Å². The van der Waals surface area contributed by atoms with Crippen LogP contribution in [-0.2, 0) is 10.0 Å². The van der Waals surface area contributed by atoms with Gasteiger partial charge >= 0.3 is 0 Å². The average molecular weight is 280 g/mol. The summed E-state index contributed by atoms with van der Waals surface area (Å²) in [4.78, 5) is 0.307. The number of benzene rings is 1. The van der Waals surface area contributed by atoms with E-state index < -0.39 is 10.0 Å². The largest absolute Gasteiger partial charge is 0.320 e. The van der Waals surface area contributed by atoms with Gasteiger partial charge in [-0.2, -0.15) is 4.31 Å². The lowest BCUT2D eigenvalue weighted by molar-refractivity contribution is 0.427. The zero-order valence-electron chi connectivity index (χ0n) is 11.4. The number of hydrogen-bond donors (Lipinski definition) is 1. The number of sulfonamides is 1. The highest BCUT2D eigenvalue weighted by molar-refractivity contribution is 7.89. The maximum atomic E-state index is 12.3. The predicted octanol–water partition coefficient (Wildman–Crippen LogP) is 1.42. The van der Waals surface area contributed by atoms with Crippen LogP contribution in [0.25, 0.3) is 0 Å². The monoisotopic (exact) mass is 280 g/mol. The smallest absolute Gasteiger partial charge is 0.243 e. The number of nitrogens with zero attached hydrogens (tertiary/aromatic N) is 1. The van der Waals surface area contributed by atoms with Crippen molar-refractivity contribution in [3.63, 3.8) is 0 Å². The van der Waals surface area contributed by atoms with E-state index in [0.717, 1.165) is 12.0 Å². The summed E-state index contributed by atoms with van der Waals surface area (Å²) in [6.07, 6.45) is 0.799. The Bertz CT molecular complexity index is 553. The standard InChI is InChI=1S/C14H20N2O2S/c1-3-12-16(4-2)19(17,18)14-9-7-13(8-10-14)6-5-11-15/h7-10H,3-4,11-12,15H2,1-2H3. The molecule has 0 saturated heterocycles. The maximum absolute atomic E-state index is 12.3. The third-order valence-corrected chi connectivity index (χ3v) is 4.64. The Labute approximate surface area is 115 Å². The highest BCUT2D eigenvalue weighted by atomic mass is 32.2. The molecule has 0 radical (unpaired) electrons. The van der Waals surface area contributed by atoms with Crippen molar-refractivity contribution in [1.82, 2.24) is 4.31 Å². The Kier molecular flexibility index (Phi) is 6.03. The van der Waals surface area contributed by atoms with Gasteiger partial charge in [-0.15, -0.1) is 0 Å². The third kappa shape index (κ3) is 4.06. The Morgan fingerprint density at radius 2 is 1.84 bits per heavy atom. The van der Waals surface area contributed by atoms with Gasteiger partial charge in [-0.05, 0) is 30.7 Å². The van der Waals surface area contributed by atoms with Gasteiger partial charge in [0.05, 0.1) is 11.4 Å². The Morgan fingerprint density at radius 3 is 2.32 bits per heavy atom. The molecule has 0 heterocycles. The first kappa shape index (κ1) is 15.7. The summed E-state index contributed by atoms with van der Waals surface area (Å²) in [5.41, 5.74) is 6.06. The molecular weight excluding hydrogens is 260 g/mol. The lowest BCUT2D eigenvalue weighted by atomic mass is 10.2. The molecule has 0 saturated carbocycles. The van der Waals surface area contributed by atoms with Gasteiger partial charge in [0.1, 0.15) is 0 Å². The zero-order valence-corrected chi connectivity index (χ0v) is 12.2. The van der Waals surface area contributed by atoms with Crippen LogP contribution in [0.5, 0.6) is 0 Å². The first-order valence-corrected chi connectivity index (χ1v) is 7.79. The summed E-state index contributed by atoms with van der Waals surface area (Å²) in [6, 6.07) is 6.59. The quantitative estimate of drug-likeness (QED) is 0.830. The average Bonchev–Trinajstić information content (AvgIpc) is 2.42. The molecule has 0 bridgehead atoms. The van der Waals surface area contributed by atoms with E-state index in [-0.39, 0.29) is 0 Å². The highest BCUT2D eigenvalue weighted by Gasteiger charge is 2.21. The van der Waals surface area contributed by atoms with Crippen molar-refractivity contribution in [2.75, 3.05) is 19.6 Å². The maximum Gasteiger partial charge on any atom is 0.243 e. The van der Waals surface area contributed by atoms with E-state index in [0.29, 0.717) is 24.5 Å². The van der Waals surface area contributed by atoms with E-state index >= 15 is 0 Å². The molecule has 5 heteroatoms. The Hall–Kier alpha value is -1.35. The van der Waals surface area contributed by atoms with Crippen LogP contribution in [-0.4, -0.2) is 32.4 Å². The summed E-state index contributed by atoms with van der Waals surface area (Å²) in [7, 11) is -3.39. The minimum Gasteiger partial charge on any atom is -0.320 e. The highest BCUT2D eigenvalue weighted by Crippen LogP contribution is 2.16. The van der Waals surface area contributed by atoms with Gasteiger partial charge in [0, 0.05) is 18.7 Å². The molecule has 0 fully saturated rings. The second-order valence-electron chi connectivity index (χ2n) is 4.03. The van der Waals surface area contributed by atoms with E-state index in [4.69, 9.17) is 5.73 Å². The summed E-state index contributed by atoms with van der Waals surface area (Å²) in [6.45, 7) is 5.11. The Balaban J connectivity index is 3.02. The van der Waals surface area contributed by atoms with Crippen LogP contribution in [0.4, 0.5) is 0 Å². The molecule has 1 rings (SSSR count). The number of rotatable bonds is 5. The Morgan fingerprint density at radius 1 is 1.21 bits per heavy atom. The molecule has 1 aromatic rings. The van der Waals surface area contributed by atoms with Crippen molar-refractivity contribution in [3.8, 4) is 11.8 Å². The van der Waals surface area contributed by atoms with Gasteiger partial charge in [-0.1, -0.05) is 25.7 Å². The van der Waals surface area contributed by atoms with Crippen LogP contribution < -0.4 is 5.73 Å². The molecule has 0 aliphatic heterocycles. The molecule has 104 valence electrons. The SMILES string of the molecule is CCCN(CC)S(=O)(=O)c1ccc(C#CCN)cc1. The van der Waals surface area contributed by atoms with E-state index in [1.807, 2.05) is 13.8 Å². The molecule has 0 spiro atoms. The first-order valence-electron chi connectivity index (χ1n) is 6.35. The molecule has 1 aromatic carbocycles. The van der Waals surface area contributed by atoms with Gasteiger partial charge in [-0.25, -0.2) is 8.42 Å². The molecule has 0 atom stereocenters. The van der Waals surface area contributed by atoms with Gasteiger partial charge in [0.15, 0.2) is 0 Å². The van der Waals surface area contributed by atoms with Crippen LogP contribution in [0, 0.1) is 11.8 Å². The second-order valence-corrected chi connectivity index (χ2v) is 5.96. The van der Waals surface area contributed by atoms with Gasteiger partial charge in [0.25, 0.3) is 0 Å². The fourth-order valence-corrected chi connectivity index (χ4v) is 3.25. The van der Waals surface area contributed by atoms with Crippen molar-refractivity contribution in [2.45, 2.75) is 25.2 Å². The van der Waals surface area contributed by atoms with E-state index in [2.05, 4.69) is 11.8 Å². The van der Waals surface area contributed by atoms with Crippen LogP contribution in [0.2, 0.25) is 0 Å². The van der Waals surface area contributed by atoms with Gasteiger partial charge in [0.2, 0.25) is 10.0 Å². The molecule has 0 unspecified atom stereocenters. The van der Waals surface area contributed by atoms with E-state index in [1.54, 1.807) is 24.3 Å². The summed E-state index contributed by atoms with van der Waals surface area (Å²) in [5.74, 6) is 5.60. The van der Waals surface area contributed by atoms with E-state index in [1.165, 1.54) is 4.31 Å². The summed E-state index contributed by atoms with van der Waals surface area (Å²) >= 11 is 0. The van der Waals surface area contributed by atoms with Crippen LogP contribution in [0.1, 0.15) is 25.8 Å². The normalized spacial score (nSPS) is 11.2. The summed E-state index contributed by atoms with van der Waals surface area (Å²) in [5, 5.41) is 0. The number of nitrogens with two attached hydrogens (primary N) is 1.